The maximum Gasteiger partial charge on any atom is 0.231 e. The molecule has 1 unspecified atom stereocenters. The van der Waals surface area contributed by atoms with E-state index in [1.807, 2.05) is 23.6 Å². The summed E-state index contributed by atoms with van der Waals surface area (Å²) in [6.45, 7) is 1.23. The van der Waals surface area contributed by atoms with Gasteiger partial charge in [-0.05, 0) is 42.0 Å². The van der Waals surface area contributed by atoms with Crippen LogP contribution in [0, 0.1) is 0 Å². The summed E-state index contributed by atoms with van der Waals surface area (Å²) < 4.78 is 11.1. The Kier molecular flexibility index (Phi) is 4.87. The van der Waals surface area contributed by atoms with E-state index < -0.39 is 11.5 Å². The summed E-state index contributed by atoms with van der Waals surface area (Å²) in [6.07, 6.45) is 3.10. The van der Waals surface area contributed by atoms with Crippen molar-refractivity contribution in [3.63, 3.8) is 0 Å². The predicted octanol–water partition coefficient (Wildman–Crippen LogP) is 3.18. The van der Waals surface area contributed by atoms with E-state index >= 15 is 0 Å². The van der Waals surface area contributed by atoms with Gasteiger partial charge in [-0.2, -0.15) is 0 Å². The number of rotatable bonds is 5. The molecule has 1 aliphatic heterocycles. The molecule has 1 aromatic carbocycles. The van der Waals surface area contributed by atoms with Gasteiger partial charge in [-0.15, -0.1) is 11.3 Å². The van der Waals surface area contributed by atoms with Crippen LogP contribution in [0.5, 0.6) is 11.5 Å². The number of thiophene rings is 1. The number of hydrogen-bond donors (Lipinski definition) is 2. The van der Waals surface area contributed by atoms with Crippen LogP contribution >= 0.6 is 11.3 Å². The van der Waals surface area contributed by atoms with Crippen molar-refractivity contribution in [1.29, 1.82) is 0 Å². The number of carbonyl (C=O) groups excluding carboxylic acids is 1. The molecule has 0 radical (unpaired) electrons. The van der Waals surface area contributed by atoms with E-state index in [-0.39, 0.29) is 12.5 Å². The van der Waals surface area contributed by atoms with Crippen molar-refractivity contribution in [3.05, 3.63) is 46.2 Å². The number of nitrogens with one attached hydrogen (secondary N) is 1. The van der Waals surface area contributed by atoms with Gasteiger partial charge in [-0.25, -0.2) is 0 Å². The molecular formula is C20H23NO4S. The number of benzene rings is 1. The van der Waals surface area contributed by atoms with Gasteiger partial charge < -0.3 is 19.9 Å². The first kappa shape index (κ1) is 17.4. The average molecular weight is 373 g/mol. The van der Waals surface area contributed by atoms with Crippen molar-refractivity contribution >= 4 is 17.2 Å². The van der Waals surface area contributed by atoms with Crippen molar-refractivity contribution in [2.45, 2.75) is 37.2 Å². The van der Waals surface area contributed by atoms with Crippen LogP contribution < -0.4 is 14.8 Å². The number of amides is 1. The number of carbonyl (C=O) groups is 1. The molecule has 6 heteroatoms. The lowest BCUT2D eigenvalue weighted by molar-refractivity contribution is -0.127. The molecule has 1 atom stereocenters. The zero-order chi connectivity index (χ0) is 18.0. The van der Waals surface area contributed by atoms with Gasteiger partial charge in [0.2, 0.25) is 5.91 Å². The van der Waals surface area contributed by atoms with E-state index in [1.54, 1.807) is 23.5 Å². The fraction of sp³-hybridized carbons (Fsp3) is 0.450. The Bertz CT molecular complexity index is 768. The van der Waals surface area contributed by atoms with Crippen LogP contribution in [0.2, 0.25) is 0 Å². The third-order valence-corrected chi connectivity index (χ3v) is 6.37. The van der Waals surface area contributed by atoms with E-state index in [9.17, 15) is 9.90 Å². The Morgan fingerprint density at radius 1 is 1.19 bits per heavy atom. The summed E-state index contributed by atoms with van der Waals surface area (Å²) in [5.74, 6) is 1.36. The van der Waals surface area contributed by atoms with Crippen LogP contribution in [0.4, 0.5) is 0 Å². The molecule has 1 aromatic heterocycles. The first-order valence-corrected chi connectivity index (χ1v) is 9.97. The molecule has 2 N–H and O–H groups in total. The minimum absolute atomic E-state index is 0.0223. The first-order chi connectivity index (χ1) is 12.7. The van der Waals surface area contributed by atoms with Crippen molar-refractivity contribution < 1.29 is 19.4 Å². The molecule has 1 fully saturated rings. The summed E-state index contributed by atoms with van der Waals surface area (Å²) >= 11 is 1.64. The summed E-state index contributed by atoms with van der Waals surface area (Å²) in [6, 6.07) is 9.45. The lowest BCUT2D eigenvalue weighted by atomic mass is 9.83. The topological polar surface area (TPSA) is 67.8 Å². The maximum absolute atomic E-state index is 13.0. The molecule has 0 bridgehead atoms. The van der Waals surface area contributed by atoms with Crippen molar-refractivity contribution in [1.82, 2.24) is 5.32 Å². The smallest absolute Gasteiger partial charge is 0.231 e. The van der Waals surface area contributed by atoms with Crippen LogP contribution in [-0.2, 0) is 10.2 Å². The lowest BCUT2D eigenvalue weighted by Gasteiger charge is -2.27. The van der Waals surface area contributed by atoms with Gasteiger partial charge in [0, 0.05) is 11.4 Å². The Labute approximate surface area is 156 Å². The van der Waals surface area contributed by atoms with Gasteiger partial charge in [0.15, 0.2) is 11.5 Å². The molecule has 2 heterocycles. The second-order valence-electron chi connectivity index (χ2n) is 6.90. The number of ether oxygens (including phenoxy) is 2. The normalized spacial score (nSPS) is 19.1. The Balaban J connectivity index is 1.44. The maximum atomic E-state index is 13.0. The molecule has 26 heavy (non-hydrogen) atoms. The fourth-order valence-corrected chi connectivity index (χ4v) is 4.84. The highest BCUT2D eigenvalue weighted by atomic mass is 32.1. The monoisotopic (exact) mass is 373 g/mol. The van der Waals surface area contributed by atoms with Crippen LogP contribution in [0.1, 0.15) is 42.2 Å². The quantitative estimate of drug-likeness (QED) is 0.845. The average Bonchev–Trinajstić information content (AvgIpc) is 3.37. The van der Waals surface area contributed by atoms with E-state index in [0.717, 1.165) is 30.6 Å². The van der Waals surface area contributed by atoms with Gasteiger partial charge in [0.05, 0.1) is 11.5 Å². The molecule has 2 aromatic rings. The molecule has 5 nitrogen and oxygen atoms in total. The number of fused-ring (bicyclic) bond motifs is 1. The SMILES string of the molecule is O=C(NCC(O)c1ccc2c(c1)OCCO2)C1(c2cccs2)CCCC1. The highest BCUT2D eigenvalue weighted by Crippen LogP contribution is 2.43. The zero-order valence-electron chi connectivity index (χ0n) is 14.6. The Morgan fingerprint density at radius 3 is 2.69 bits per heavy atom. The zero-order valence-corrected chi connectivity index (χ0v) is 15.4. The lowest BCUT2D eigenvalue weighted by Crippen LogP contribution is -2.43. The molecule has 4 rings (SSSR count). The molecule has 1 saturated carbocycles. The molecule has 138 valence electrons. The Hall–Kier alpha value is -2.05. The number of aliphatic hydroxyl groups is 1. The molecular weight excluding hydrogens is 350 g/mol. The largest absolute Gasteiger partial charge is 0.486 e. The summed E-state index contributed by atoms with van der Waals surface area (Å²) in [7, 11) is 0. The fourth-order valence-electron chi connectivity index (χ4n) is 3.86. The van der Waals surface area contributed by atoms with Gasteiger partial charge >= 0.3 is 0 Å². The minimum atomic E-state index is -0.781. The second-order valence-corrected chi connectivity index (χ2v) is 7.84. The minimum Gasteiger partial charge on any atom is -0.486 e. The molecule has 0 spiro atoms. The molecule has 2 aliphatic rings. The highest BCUT2D eigenvalue weighted by molar-refractivity contribution is 7.10. The van der Waals surface area contributed by atoms with Gasteiger partial charge in [0.25, 0.3) is 0 Å². The third kappa shape index (κ3) is 3.19. The van der Waals surface area contributed by atoms with Crippen LogP contribution in [-0.4, -0.2) is 30.8 Å². The van der Waals surface area contributed by atoms with Crippen molar-refractivity contribution in [3.8, 4) is 11.5 Å². The van der Waals surface area contributed by atoms with E-state index in [1.165, 1.54) is 0 Å². The van der Waals surface area contributed by atoms with Gasteiger partial charge in [-0.3, -0.25) is 4.79 Å². The molecule has 1 amide bonds. The van der Waals surface area contributed by atoms with Crippen LogP contribution in [0.3, 0.4) is 0 Å². The van der Waals surface area contributed by atoms with Gasteiger partial charge in [0.1, 0.15) is 13.2 Å². The van der Waals surface area contributed by atoms with Crippen LogP contribution in [0.15, 0.2) is 35.7 Å². The molecule has 0 saturated heterocycles. The second kappa shape index (κ2) is 7.29. The highest BCUT2D eigenvalue weighted by Gasteiger charge is 2.43. The summed E-state index contributed by atoms with van der Waals surface area (Å²) in [4.78, 5) is 14.1. The first-order valence-electron chi connectivity index (χ1n) is 9.09. The van der Waals surface area contributed by atoms with E-state index in [2.05, 4.69) is 5.32 Å². The van der Waals surface area contributed by atoms with E-state index in [0.29, 0.717) is 30.3 Å². The van der Waals surface area contributed by atoms with Crippen molar-refractivity contribution in [2.75, 3.05) is 19.8 Å². The third-order valence-electron chi connectivity index (χ3n) is 5.29. The van der Waals surface area contributed by atoms with Crippen molar-refractivity contribution in [2.24, 2.45) is 0 Å². The van der Waals surface area contributed by atoms with Gasteiger partial charge in [-0.1, -0.05) is 25.0 Å². The molecule has 1 aliphatic carbocycles. The summed E-state index contributed by atoms with van der Waals surface area (Å²) in [5, 5.41) is 15.5. The number of aliphatic hydroxyl groups excluding tert-OH is 1. The Morgan fingerprint density at radius 2 is 1.96 bits per heavy atom. The van der Waals surface area contributed by atoms with E-state index in [4.69, 9.17) is 9.47 Å². The van der Waals surface area contributed by atoms with Crippen LogP contribution in [0.25, 0.3) is 0 Å². The standard InChI is InChI=1S/C20H23NO4S/c22-15(14-5-6-16-17(12-14)25-10-9-24-16)13-21-19(23)20(7-1-2-8-20)18-4-3-11-26-18/h3-6,11-12,15,22H,1-2,7-10,13H2,(H,21,23). The predicted molar refractivity (Wildman–Crippen MR) is 99.9 cm³/mol. The summed E-state index contributed by atoms with van der Waals surface area (Å²) in [5.41, 5.74) is 0.284. The number of hydrogen-bond acceptors (Lipinski definition) is 5.